The Bertz CT molecular complexity index is 1780. The lowest BCUT2D eigenvalue weighted by molar-refractivity contribution is -0.129. The van der Waals surface area contributed by atoms with E-state index in [1.165, 1.54) is 6.33 Å². The number of likely N-dealkylation sites (N-methyl/N-ethyl adjacent to an activating group) is 1. The number of hydrazone groups is 1. The molecule has 1 amide bonds. The summed E-state index contributed by atoms with van der Waals surface area (Å²) in [6.45, 7) is 13.9. The molecule has 3 heterocycles. The Morgan fingerprint density at radius 2 is 1.90 bits per heavy atom. The number of allylic oxidation sites excluding steroid dienone is 3. The zero-order chi connectivity index (χ0) is 36.8. The molecule has 0 radical (unpaired) electrons. The second kappa shape index (κ2) is 19.4. The summed E-state index contributed by atoms with van der Waals surface area (Å²) < 4.78 is 12.6. The van der Waals surface area contributed by atoms with Crippen LogP contribution >= 0.6 is 0 Å². The Kier molecular flexibility index (Phi) is 14.7. The van der Waals surface area contributed by atoms with Gasteiger partial charge < -0.3 is 24.6 Å². The fourth-order valence-corrected chi connectivity index (χ4v) is 5.66. The summed E-state index contributed by atoms with van der Waals surface area (Å²) in [5, 5.41) is 9.55. The number of benzene rings is 1. The molecule has 0 aliphatic carbocycles. The molecular formula is C40H54N8O3. The van der Waals surface area contributed by atoms with Crippen molar-refractivity contribution in [3.63, 3.8) is 0 Å². The van der Waals surface area contributed by atoms with E-state index in [1.807, 2.05) is 106 Å². The van der Waals surface area contributed by atoms with Crippen molar-refractivity contribution in [1.82, 2.24) is 29.8 Å². The molecule has 2 aromatic heterocycles. The second-order valence-corrected chi connectivity index (χ2v) is 12.8. The lowest BCUT2D eigenvalue weighted by atomic mass is 10.1. The van der Waals surface area contributed by atoms with Gasteiger partial charge in [0.1, 0.15) is 35.7 Å². The molecule has 1 N–H and O–H groups in total. The lowest BCUT2D eigenvalue weighted by Gasteiger charge is -2.30. The Labute approximate surface area is 303 Å². The van der Waals surface area contributed by atoms with Gasteiger partial charge in [0.05, 0.1) is 22.9 Å². The highest BCUT2D eigenvalue weighted by atomic mass is 16.5. The third-order valence-corrected chi connectivity index (χ3v) is 8.50. The van der Waals surface area contributed by atoms with Crippen LogP contribution in [-0.4, -0.2) is 81.7 Å². The predicted octanol–water partition coefficient (Wildman–Crippen LogP) is 8.07. The van der Waals surface area contributed by atoms with Crippen molar-refractivity contribution in [3.8, 4) is 11.5 Å². The number of hydrogen-bond acceptors (Lipinski definition) is 10. The van der Waals surface area contributed by atoms with Gasteiger partial charge in [0.2, 0.25) is 5.91 Å². The summed E-state index contributed by atoms with van der Waals surface area (Å²) >= 11 is 0. The third kappa shape index (κ3) is 11.0. The lowest BCUT2D eigenvalue weighted by Crippen LogP contribution is -2.43. The minimum Gasteiger partial charge on any atom is -0.489 e. The highest BCUT2D eigenvalue weighted by Gasteiger charge is 2.22. The molecule has 11 nitrogen and oxygen atoms in total. The topological polar surface area (TPSA) is 108 Å². The predicted molar refractivity (Wildman–Crippen MR) is 207 cm³/mol. The third-order valence-electron chi connectivity index (χ3n) is 8.50. The van der Waals surface area contributed by atoms with Crippen molar-refractivity contribution >= 4 is 34.7 Å². The molecule has 0 fully saturated rings. The van der Waals surface area contributed by atoms with Crippen LogP contribution in [0.15, 0.2) is 83.7 Å². The SMILES string of the molecule is CC=C1C=C(Oc2ccc(Nc3ncnc4cc(OCC(CC)N(CCCCCC)C(=O)/C=C/CN(C)C)c(C)nc34)cc2C)C=CN1/N=C\C. The highest BCUT2D eigenvalue weighted by molar-refractivity contribution is 5.88. The first-order chi connectivity index (χ1) is 24.7. The van der Waals surface area contributed by atoms with E-state index in [0.717, 1.165) is 66.3 Å². The van der Waals surface area contributed by atoms with Gasteiger partial charge in [0, 0.05) is 49.4 Å². The van der Waals surface area contributed by atoms with Crippen LogP contribution in [0.2, 0.25) is 0 Å². The number of rotatable bonds is 18. The van der Waals surface area contributed by atoms with E-state index in [2.05, 4.69) is 34.2 Å². The zero-order valence-corrected chi connectivity index (χ0v) is 31.5. The molecule has 11 heteroatoms. The number of aromatic nitrogens is 3. The number of carbonyl (C=O) groups is 1. The monoisotopic (exact) mass is 694 g/mol. The number of anilines is 2. The van der Waals surface area contributed by atoms with Gasteiger partial charge in [-0.2, -0.15) is 5.10 Å². The number of carbonyl (C=O) groups excluding carboxylic acids is 1. The van der Waals surface area contributed by atoms with Gasteiger partial charge in [-0.15, -0.1) is 0 Å². The fraction of sp³-hybridized carbons (Fsp3) is 0.425. The van der Waals surface area contributed by atoms with E-state index in [0.29, 0.717) is 42.3 Å². The molecule has 51 heavy (non-hydrogen) atoms. The van der Waals surface area contributed by atoms with Crippen molar-refractivity contribution < 1.29 is 14.3 Å². The summed E-state index contributed by atoms with van der Waals surface area (Å²) in [6, 6.07) is 7.74. The van der Waals surface area contributed by atoms with Crippen LogP contribution in [-0.2, 0) is 4.79 Å². The molecule has 1 aliphatic rings. The first kappa shape index (κ1) is 38.8. The first-order valence-corrected chi connectivity index (χ1v) is 17.9. The number of amides is 1. The molecule has 0 spiro atoms. The summed E-state index contributed by atoms with van der Waals surface area (Å²) in [7, 11) is 3.98. The van der Waals surface area contributed by atoms with Crippen LogP contribution in [0.5, 0.6) is 11.5 Å². The summed E-state index contributed by atoms with van der Waals surface area (Å²) in [4.78, 5) is 31.2. The normalized spacial score (nSPS) is 14.6. The van der Waals surface area contributed by atoms with Gasteiger partial charge in [0.15, 0.2) is 5.82 Å². The minimum absolute atomic E-state index is 0.0232. The number of pyridine rings is 1. The summed E-state index contributed by atoms with van der Waals surface area (Å²) in [5.74, 6) is 2.73. The van der Waals surface area contributed by atoms with Crippen molar-refractivity contribution in [1.29, 1.82) is 0 Å². The number of aryl methyl sites for hydroxylation is 2. The quantitative estimate of drug-likeness (QED) is 0.0803. The number of nitrogens with zero attached hydrogens (tertiary/aromatic N) is 7. The van der Waals surface area contributed by atoms with Gasteiger partial charge >= 0.3 is 0 Å². The molecular weight excluding hydrogens is 640 g/mol. The van der Waals surface area contributed by atoms with Crippen LogP contribution in [0.3, 0.4) is 0 Å². The van der Waals surface area contributed by atoms with Gasteiger partial charge in [-0.1, -0.05) is 45.3 Å². The average Bonchev–Trinajstić information content (AvgIpc) is 3.11. The van der Waals surface area contributed by atoms with Crippen molar-refractivity contribution in [2.45, 2.75) is 79.7 Å². The van der Waals surface area contributed by atoms with Crippen molar-refractivity contribution in [3.05, 3.63) is 89.9 Å². The first-order valence-electron chi connectivity index (χ1n) is 17.9. The smallest absolute Gasteiger partial charge is 0.246 e. The second-order valence-electron chi connectivity index (χ2n) is 12.8. The molecule has 272 valence electrons. The number of fused-ring (bicyclic) bond motifs is 1. The maximum absolute atomic E-state index is 13.3. The van der Waals surface area contributed by atoms with Crippen LogP contribution in [0.25, 0.3) is 11.0 Å². The van der Waals surface area contributed by atoms with E-state index >= 15 is 0 Å². The number of ether oxygens (including phenoxy) is 2. The van der Waals surface area contributed by atoms with Gasteiger partial charge in [0.25, 0.3) is 0 Å². The molecule has 1 aromatic carbocycles. The van der Waals surface area contributed by atoms with Crippen LogP contribution in [0, 0.1) is 13.8 Å². The Hall–Kier alpha value is -5.03. The number of hydrogen-bond donors (Lipinski definition) is 1. The Morgan fingerprint density at radius 1 is 1.08 bits per heavy atom. The average molecular weight is 695 g/mol. The minimum atomic E-state index is -0.0726. The van der Waals surface area contributed by atoms with E-state index in [9.17, 15) is 4.79 Å². The Balaban J connectivity index is 1.47. The van der Waals surface area contributed by atoms with Crippen molar-refractivity contribution in [2.75, 3.05) is 39.1 Å². The van der Waals surface area contributed by atoms with E-state index in [1.54, 1.807) is 17.3 Å². The molecule has 0 saturated carbocycles. The highest BCUT2D eigenvalue weighted by Crippen LogP contribution is 2.30. The van der Waals surface area contributed by atoms with E-state index in [4.69, 9.17) is 14.5 Å². The maximum atomic E-state index is 13.3. The molecule has 1 aliphatic heterocycles. The number of nitrogens with one attached hydrogen (secondary N) is 1. The van der Waals surface area contributed by atoms with Gasteiger partial charge in [-0.05, 0) is 84.5 Å². The number of unbranched alkanes of at least 4 members (excludes halogenated alkanes) is 3. The molecule has 0 saturated heterocycles. The van der Waals surface area contributed by atoms with E-state index in [-0.39, 0.29) is 11.9 Å². The summed E-state index contributed by atoms with van der Waals surface area (Å²) in [5.41, 5.74) is 4.76. The molecule has 1 atom stereocenters. The summed E-state index contributed by atoms with van der Waals surface area (Å²) in [6.07, 6.45) is 19.7. The van der Waals surface area contributed by atoms with E-state index < -0.39 is 0 Å². The maximum Gasteiger partial charge on any atom is 0.246 e. The zero-order valence-electron chi connectivity index (χ0n) is 31.5. The van der Waals surface area contributed by atoms with Crippen LogP contribution < -0.4 is 14.8 Å². The van der Waals surface area contributed by atoms with Gasteiger partial charge in [-0.25, -0.2) is 20.0 Å². The Morgan fingerprint density at radius 3 is 2.61 bits per heavy atom. The van der Waals surface area contributed by atoms with Crippen molar-refractivity contribution in [2.24, 2.45) is 5.10 Å². The van der Waals surface area contributed by atoms with Crippen LogP contribution in [0.4, 0.5) is 11.5 Å². The molecule has 3 aromatic rings. The van der Waals surface area contributed by atoms with Gasteiger partial charge in [-0.3, -0.25) is 4.79 Å². The fourth-order valence-electron chi connectivity index (χ4n) is 5.66. The molecule has 0 bridgehead atoms. The molecule has 4 rings (SSSR count). The standard InChI is InChI=1S/C40H54N8O3/c1-9-13-14-15-22-47(38(49)17-16-21-46(7)8)33(11-3)27-50-37-26-35-39(44-30(37)6)40(42-28-41-35)45-31-18-19-36(29(5)24-31)51-34-20-23-48(43-12-4)32(10-2)25-34/h10,12,16-20,23-26,28,33H,9,11,13-15,21-22,27H2,1-8H3,(H,41,42,45)/b17-16+,32-10?,43-12-. The largest absolute Gasteiger partial charge is 0.489 e. The van der Waals surface area contributed by atoms with Crippen LogP contribution in [0.1, 0.15) is 71.1 Å². The molecule has 1 unspecified atom stereocenters.